The fraction of sp³-hybridized carbons (Fsp3) is 0.688. The Labute approximate surface area is 148 Å². The second kappa shape index (κ2) is 7.98. The van der Waals surface area contributed by atoms with Crippen molar-refractivity contribution < 1.29 is 14.3 Å². The average Bonchev–Trinajstić information content (AvgIpc) is 2.97. The van der Waals surface area contributed by atoms with Gasteiger partial charge in [-0.25, -0.2) is 4.79 Å². The molecular formula is C16H27ClN4O3. The van der Waals surface area contributed by atoms with Crippen LogP contribution < -0.4 is 11.1 Å². The molecule has 1 fully saturated rings. The third-order valence-electron chi connectivity index (χ3n) is 4.39. The van der Waals surface area contributed by atoms with Crippen LogP contribution in [0.1, 0.15) is 52.9 Å². The molecule has 1 heterocycles. The van der Waals surface area contributed by atoms with Crippen LogP contribution in [0.3, 0.4) is 0 Å². The first-order valence-electron chi connectivity index (χ1n) is 8.12. The standard InChI is InChI=1S/C16H26N4O3.ClH/c1-4-23-14(22)15(2,3)20-11-12(10-18-20)19-13(21)16(17)8-6-5-7-9-16;/h10-11H,4-9,17H2,1-3H3,(H,19,21);1H. The quantitative estimate of drug-likeness (QED) is 0.786. The number of ether oxygens (including phenoxy) is 1. The summed E-state index contributed by atoms with van der Waals surface area (Å²) < 4.78 is 6.55. The summed E-state index contributed by atoms with van der Waals surface area (Å²) in [6, 6.07) is 0. The predicted octanol–water partition coefficient (Wildman–Crippen LogP) is 2.20. The van der Waals surface area contributed by atoms with E-state index in [1.807, 2.05) is 0 Å². The highest BCUT2D eigenvalue weighted by Crippen LogP contribution is 2.27. The number of carbonyl (C=O) groups excluding carboxylic acids is 2. The molecule has 1 saturated carbocycles. The largest absolute Gasteiger partial charge is 0.464 e. The lowest BCUT2D eigenvalue weighted by molar-refractivity contribution is -0.152. The third-order valence-corrected chi connectivity index (χ3v) is 4.39. The van der Waals surface area contributed by atoms with E-state index >= 15 is 0 Å². The van der Waals surface area contributed by atoms with E-state index in [0.717, 1.165) is 19.3 Å². The van der Waals surface area contributed by atoms with Gasteiger partial charge in [-0.05, 0) is 33.6 Å². The summed E-state index contributed by atoms with van der Waals surface area (Å²) in [5.74, 6) is -0.561. The van der Waals surface area contributed by atoms with E-state index in [1.54, 1.807) is 27.0 Å². The molecule has 1 amide bonds. The van der Waals surface area contributed by atoms with Crippen LogP contribution in [0.4, 0.5) is 5.69 Å². The molecule has 1 aliphatic carbocycles. The van der Waals surface area contributed by atoms with Gasteiger partial charge in [0, 0.05) is 6.20 Å². The molecule has 1 aliphatic rings. The highest BCUT2D eigenvalue weighted by Gasteiger charge is 2.36. The summed E-state index contributed by atoms with van der Waals surface area (Å²) in [5, 5.41) is 6.99. The molecule has 24 heavy (non-hydrogen) atoms. The van der Waals surface area contributed by atoms with Crippen molar-refractivity contribution in [2.75, 3.05) is 11.9 Å². The molecule has 8 heteroatoms. The van der Waals surface area contributed by atoms with E-state index in [9.17, 15) is 9.59 Å². The zero-order valence-electron chi connectivity index (χ0n) is 14.5. The summed E-state index contributed by atoms with van der Waals surface area (Å²) in [7, 11) is 0. The third kappa shape index (κ3) is 4.27. The first-order valence-corrected chi connectivity index (χ1v) is 8.12. The van der Waals surface area contributed by atoms with Gasteiger partial charge >= 0.3 is 5.97 Å². The van der Waals surface area contributed by atoms with Gasteiger partial charge in [-0.3, -0.25) is 9.48 Å². The molecule has 3 N–H and O–H groups in total. The van der Waals surface area contributed by atoms with E-state index < -0.39 is 11.1 Å². The molecule has 0 saturated heterocycles. The van der Waals surface area contributed by atoms with Crippen LogP contribution in [0, 0.1) is 0 Å². The normalized spacial score (nSPS) is 16.8. The molecular weight excluding hydrogens is 332 g/mol. The predicted molar refractivity (Wildman–Crippen MR) is 94.1 cm³/mol. The second-order valence-electron chi connectivity index (χ2n) is 6.62. The van der Waals surface area contributed by atoms with Crippen molar-refractivity contribution in [1.82, 2.24) is 9.78 Å². The summed E-state index contributed by atoms with van der Waals surface area (Å²) in [6.45, 7) is 5.50. The molecule has 0 unspecified atom stereocenters. The molecule has 7 nitrogen and oxygen atoms in total. The summed E-state index contributed by atoms with van der Waals surface area (Å²) >= 11 is 0. The van der Waals surface area contributed by atoms with Gasteiger partial charge in [0.05, 0.1) is 24.0 Å². The van der Waals surface area contributed by atoms with Gasteiger partial charge in [0.1, 0.15) is 0 Å². The number of halogens is 1. The zero-order valence-corrected chi connectivity index (χ0v) is 15.3. The van der Waals surface area contributed by atoms with E-state index in [-0.39, 0.29) is 24.3 Å². The van der Waals surface area contributed by atoms with Gasteiger partial charge in [-0.2, -0.15) is 5.10 Å². The second-order valence-corrected chi connectivity index (χ2v) is 6.62. The Bertz CT molecular complexity index is 580. The van der Waals surface area contributed by atoms with Gasteiger partial charge in [0.25, 0.3) is 0 Å². The number of rotatable bonds is 5. The maximum atomic E-state index is 12.4. The smallest absolute Gasteiger partial charge is 0.333 e. The Balaban J connectivity index is 0.00000288. The summed E-state index contributed by atoms with van der Waals surface area (Å²) in [4.78, 5) is 24.4. The van der Waals surface area contributed by atoms with Crippen molar-refractivity contribution in [1.29, 1.82) is 0 Å². The number of amides is 1. The van der Waals surface area contributed by atoms with Crippen molar-refractivity contribution in [2.45, 2.75) is 64.0 Å². The summed E-state index contributed by atoms with van der Waals surface area (Å²) in [5.41, 5.74) is 5.00. The fourth-order valence-corrected chi connectivity index (χ4v) is 2.76. The van der Waals surface area contributed by atoms with E-state index in [0.29, 0.717) is 25.1 Å². The number of nitrogens with one attached hydrogen (secondary N) is 1. The molecule has 136 valence electrons. The fourth-order valence-electron chi connectivity index (χ4n) is 2.76. The van der Waals surface area contributed by atoms with Crippen molar-refractivity contribution in [2.24, 2.45) is 5.73 Å². The van der Waals surface area contributed by atoms with E-state index in [4.69, 9.17) is 10.5 Å². The summed E-state index contributed by atoms with van der Waals surface area (Å²) in [6.07, 6.45) is 7.60. The average molecular weight is 359 g/mol. The number of aromatic nitrogens is 2. The Morgan fingerprint density at radius 3 is 2.58 bits per heavy atom. The van der Waals surface area contributed by atoms with Crippen LogP contribution in [-0.2, 0) is 19.9 Å². The van der Waals surface area contributed by atoms with Crippen molar-refractivity contribution in [3.05, 3.63) is 12.4 Å². The number of anilines is 1. The molecule has 1 aromatic heterocycles. The van der Waals surface area contributed by atoms with Crippen LogP contribution >= 0.6 is 12.4 Å². The van der Waals surface area contributed by atoms with Gasteiger partial charge in [-0.1, -0.05) is 19.3 Å². The van der Waals surface area contributed by atoms with Gasteiger partial charge in [-0.15, -0.1) is 12.4 Å². The minimum Gasteiger partial charge on any atom is -0.464 e. The van der Waals surface area contributed by atoms with E-state index in [1.165, 1.54) is 10.9 Å². The van der Waals surface area contributed by atoms with Crippen LogP contribution in [-0.4, -0.2) is 33.8 Å². The van der Waals surface area contributed by atoms with Gasteiger partial charge < -0.3 is 15.8 Å². The first kappa shape index (κ1) is 20.4. The molecule has 0 spiro atoms. The van der Waals surface area contributed by atoms with Crippen LogP contribution in [0.5, 0.6) is 0 Å². The first-order chi connectivity index (χ1) is 10.8. The lowest BCUT2D eigenvalue weighted by Gasteiger charge is -2.31. The van der Waals surface area contributed by atoms with Crippen LogP contribution in [0.15, 0.2) is 12.4 Å². The molecule has 0 bridgehead atoms. The molecule has 0 aliphatic heterocycles. The Hall–Kier alpha value is -1.60. The molecule has 0 atom stereocenters. The molecule has 0 aromatic carbocycles. The van der Waals surface area contributed by atoms with Crippen molar-refractivity contribution in [3.8, 4) is 0 Å². The Morgan fingerprint density at radius 2 is 2.00 bits per heavy atom. The highest BCUT2D eigenvalue weighted by molar-refractivity contribution is 5.97. The molecule has 2 rings (SSSR count). The topological polar surface area (TPSA) is 99.2 Å². The number of hydrogen-bond donors (Lipinski definition) is 2. The number of nitrogens with two attached hydrogens (primary N) is 1. The lowest BCUT2D eigenvalue weighted by Crippen LogP contribution is -2.52. The monoisotopic (exact) mass is 358 g/mol. The van der Waals surface area contributed by atoms with Crippen LogP contribution in [0.2, 0.25) is 0 Å². The number of carbonyl (C=O) groups is 2. The van der Waals surface area contributed by atoms with Crippen LogP contribution in [0.25, 0.3) is 0 Å². The zero-order chi connectivity index (χ0) is 17.1. The van der Waals surface area contributed by atoms with Crippen molar-refractivity contribution >= 4 is 30.0 Å². The maximum absolute atomic E-state index is 12.4. The maximum Gasteiger partial charge on any atom is 0.333 e. The minimum absolute atomic E-state index is 0. The van der Waals surface area contributed by atoms with Crippen molar-refractivity contribution in [3.63, 3.8) is 0 Å². The molecule has 1 aromatic rings. The van der Waals surface area contributed by atoms with E-state index in [2.05, 4.69) is 10.4 Å². The number of nitrogens with zero attached hydrogens (tertiary/aromatic N) is 2. The molecule has 0 radical (unpaired) electrons. The lowest BCUT2D eigenvalue weighted by atomic mass is 9.82. The number of hydrogen-bond acceptors (Lipinski definition) is 5. The highest BCUT2D eigenvalue weighted by atomic mass is 35.5. The van der Waals surface area contributed by atoms with Gasteiger partial charge in [0.2, 0.25) is 5.91 Å². The van der Waals surface area contributed by atoms with Gasteiger partial charge in [0.15, 0.2) is 5.54 Å². The minimum atomic E-state index is -0.940. The number of esters is 1. The SMILES string of the molecule is CCOC(=O)C(C)(C)n1cc(NC(=O)C2(N)CCCCC2)cn1.Cl. The Morgan fingerprint density at radius 1 is 1.38 bits per heavy atom. The Kier molecular flexibility index (Phi) is 6.80.